The number of nitrogens with zero attached hydrogens (tertiary/aromatic N) is 2. The predicted octanol–water partition coefficient (Wildman–Crippen LogP) is 3.93. The van der Waals surface area contributed by atoms with Crippen molar-refractivity contribution in [3.63, 3.8) is 0 Å². The van der Waals surface area contributed by atoms with Gasteiger partial charge in [0.25, 0.3) is 0 Å². The summed E-state index contributed by atoms with van der Waals surface area (Å²) in [5.41, 5.74) is 2.94. The van der Waals surface area contributed by atoms with Crippen molar-refractivity contribution in [2.24, 2.45) is 4.99 Å². The first kappa shape index (κ1) is 15.6. The van der Waals surface area contributed by atoms with E-state index in [1.807, 2.05) is 47.3 Å². The van der Waals surface area contributed by atoms with Crippen molar-refractivity contribution in [2.45, 2.75) is 0 Å². The molecule has 1 heterocycles. The van der Waals surface area contributed by atoms with Gasteiger partial charge in [0.05, 0.1) is 18.4 Å². The van der Waals surface area contributed by atoms with Gasteiger partial charge in [-0.15, -0.1) is 0 Å². The van der Waals surface area contributed by atoms with Crippen molar-refractivity contribution in [1.29, 1.82) is 0 Å². The van der Waals surface area contributed by atoms with E-state index in [0.717, 1.165) is 17.0 Å². The molecule has 0 amide bonds. The summed E-state index contributed by atoms with van der Waals surface area (Å²) in [6.07, 6.45) is 5.67. The smallest absolute Gasteiger partial charge is 0.335 e. The summed E-state index contributed by atoms with van der Waals surface area (Å²) in [6.45, 7) is 0. The van der Waals surface area contributed by atoms with Gasteiger partial charge in [-0.05, 0) is 54.6 Å². The van der Waals surface area contributed by atoms with Crippen molar-refractivity contribution < 1.29 is 14.6 Å². The van der Waals surface area contributed by atoms with Crippen LogP contribution in [0.3, 0.4) is 0 Å². The minimum atomic E-state index is -0.943. The first-order chi connectivity index (χ1) is 11.7. The van der Waals surface area contributed by atoms with Crippen LogP contribution in [0, 0.1) is 0 Å². The molecule has 3 aromatic rings. The van der Waals surface area contributed by atoms with Gasteiger partial charge >= 0.3 is 5.97 Å². The third-order valence-corrected chi connectivity index (χ3v) is 3.56. The molecule has 0 atom stereocenters. The number of methoxy groups -OCH3 is 1. The molecule has 5 heteroatoms. The highest BCUT2D eigenvalue weighted by atomic mass is 16.5. The van der Waals surface area contributed by atoms with Crippen LogP contribution in [0.5, 0.6) is 5.75 Å². The molecule has 0 bridgehead atoms. The van der Waals surface area contributed by atoms with Crippen molar-refractivity contribution in [2.75, 3.05) is 7.11 Å². The van der Waals surface area contributed by atoms with E-state index in [2.05, 4.69) is 4.99 Å². The second-order valence-electron chi connectivity index (χ2n) is 5.16. The Hall–Kier alpha value is -3.34. The summed E-state index contributed by atoms with van der Waals surface area (Å²) in [5.74, 6) is -0.125. The van der Waals surface area contributed by atoms with E-state index in [4.69, 9.17) is 9.84 Å². The number of aromatic carboxylic acids is 1. The van der Waals surface area contributed by atoms with E-state index in [-0.39, 0.29) is 5.56 Å². The predicted molar refractivity (Wildman–Crippen MR) is 93.0 cm³/mol. The first-order valence-corrected chi connectivity index (χ1v) is 7.35. The highest BCUT2D eigenvalue weighted by Gasteiger charge is 2.01. The molecule has 0 spiro atoms. The van der Waals surface area contributed by atoms with E-state index < -0.39 is 5.97 Å². The molecule has 1 aromatic heterocycles. The topological polar surface area (TPSA) is 63.8 Å². The van der Waals surface area contributed by atoms with E-state index >= 15 is 0 Å². The lowest BCUT2D eigenvalue weighted by Crippen LogP contribution is -1.94. The Bertz CT molecular complexity index is 862. The number of carbonyl (C=O) groups is 1. The molecule has 0 saturated heterocycles. The number of aromatic nitrogens is 1. The van der Waals surface area contributed by atoms with Gasteiger partial charge in [0, 0.05) is 29.9 Å². The Labute approximate surface area is 139 Å². The minimum absolute atomic E-state index is 0.250. The first-order valence-electron chi connectivity index (χ1n) is 7.35. The van der Waals surface area contributed by atoms with Crippen LogP contribution in [0.25, 0.3) is 5.69 Å². The number of hydrogen-bond acceptors (Lipinski definition) is 3. The summed E-state index contributed by atoms with van der Waals surface area (Å²) in [7, 11) is 1.64. The maximum Gasteiger partial charge on any atom is 0.335 e. The summed E-state index contributed by atoms with van der Waals surface area (Å²) in [5, 5.41) is 8.88. The molecule has 0 aliphatic carbocycles. The zero-order chi connectivity index (χ0) is 16.9. The number of hydrogen-bond donors (Lipinski definition) is 1. The van der Waals surface area contributed by atoms with Gasteiger partial charge < -0.3 is 14.4 Å². The third kappa shape index (κ3) is 3.52. The molecule has 5 nitrogen and oxygen atoms in total. The second kappa shape index (κ2) is 6.83. The fourth-order valence-electron chi connectivity index (χ4n) is 2.24. The summed E-state index contributed by atoms with van der Waals surface area (Å²) in [6, 6.07) is 16.2. The van der Waals surface area contributed by atoms with Crippen molar-refractivity contribution in [1.82, 2.24) is 4.57 Å². The fourth-order valence-corrected chi connectivity index (χ4v) is 2.24. The molecular weight excluding hydrogens is 304 g/mol. The summed E-state index contributed by atoms with van der Waals surface area (Å²) < 4.78 is 7.15. The zero-order valence-electron chi connectivity index (χ0n) is 13.1. The SMILES string of the molecule is COc1ccc(-n2ccc(C=Nc3ccc(C(=O)O)cc3)c2)cc1. The lowest BCUT2D eigenvalue weighted by molar-refractivity contribution is 0.0697. The third-order valence-electron chi connectivity index (χ3n) is 3.56. The van der Waals surface area contributed by atoms with Gasteiger partial charge in [-0.2, -0.15) is 0 Å². The van der Waals surface area contributed by atoms with Crippen LogP contribution in [0.15, 0.2) is 72.0 Å². The van der Waals surface area contributed by atoms with Crippen molar-refractivity contribution in [3.8, 4) is 11.4 Å². The maximum absolute atomic E-state index is 10.8. The lowest BCUT2D eigenvalue weighted by atomic mass is 10.2. The van der Waals surface area contributed by atoms with E-state index in [9.17, 15) is 4.79 Å². The molecule has 3 rings (SSSR count). The highest BCUT2D eigenvalue weighted by Crippen LogP contribution is 2.17. The summed E-state index contributed by atoms with van der Waals surface area (Å²) in [4.78, 5) is 15.2. The number of carboxylic acids is 1. The van der Waals surface area contributed by atoms with Gasteiger partial charge in [-0.25, -0.2) is 4.79 Å². The quantitative estimate of drug-likeness (QED) is 0.724. The fraction of sp³-hybridized carbons (Fsp3) is 0.0526. The maximum atomic E-state index is 10.8. The van der Waals surface area contributed by atoms with Gasteiger partial charge in [-0.3, -0.25) is 4.99 Å². The molecule has 0 unspecified atom stereocenters. The van der Waals surface area contributed by atoms with Gasteiger partial charge in [-0.1, -0.05) is 0 Å². The van der Waals surface area contributed by atoms with E-state index in [1.165, 1.54) is 12.1 Å². The lowest BCUT2D eigenvalue weighted by Gasteiger charge is -2.04. The Kier molecular flexibility index (Phi) is 4.43. The average molecular weight is 320 g/mol. The molecule has 2 aromatic carbocycles. The van der Waals surface area contributed by atoms with Gasteiger partial charge in [0.15, 0.2) is 0 Å². The van der Waals surface area contributed by atoms with Crippen LogP contribution in [0.2, 0.25) is 0 Å². The van der Waals surface area contributed by atoms with Crippen LogP contribution in [-0.2, 0) is 0 Å². The van der Waals surface area contributed by atoms with Gasteiger partial charge in [0.1, 0.15) is 5.75 Å². The molecule has 120 valence electrons. The normalized spacial score (nSPS) is 10.9. The Morgan fingerprint density at radius 2 is 1.79 bits per heavy atom. The van der Waals surface area contributed by atoms with Crippen LogP contribution in [-0.4, -0.2) is 29.0 Å². The van der Waals surface area contributed by atoms with Gasteiger partial charge in [0.2, 0.25) is 0 Å². The average Bonchev–Trinajstić information content (AvgIpc) is 3.09. The van der Waals surface area contributed by atoms with Crippen LogP contribution < -0.4 is 4.74 Å². The number of aliphatic imine (C=N–C) groups is 1. The zero-order valence-corrected chi connectivity index (χ0v) is 13.1. The number of ether oxygens (including phenoxy) is 1. The number of rotatable bonds is 5. The molecule has 0 saturated carbocycles. The van der Waals surface area contributed by atoms with E-state index in [0.29, 0.717) is 5.69 Å². The van der Waals surface area contributed by atoms with Crippen molar-refractivity contribution in [3.05, 3.63) is 78.1 Å². The standard InChI is InChI=1S/C19H16N2O3/c1-24-18-8-6-17(7-9-18)21-11-10-14(13-21)12-20-16-4-2-15(3-5-16)19(22)23/h2-13H,1H3,(H,22,23). The molecule has 0 aliphatic rings. The number of benzene rings is 2. The summed E-state index contributed by atoms with van der Waals surface area (Å²) >= 11 is 0. The number of carboxylic acid groups (broad SMARTS) is 1. The molecular formula is C19H16N2O3. The Balaban J connectivity index is 1.74. The highest BCUT2D eigenvalue weighted by molar-refractivity contribution is 5.88. The van der Waals surface area contributed by atoms with Crippen LogP contribution >= 0.6 is 0 Å². The Morgan fingerprint density at radius 1 is 1.08 bits per heavy atom. The molecule has 0 radical (unpaired) electrons. The van der Waals surface area contributed by atoms with Crippen molar-refractivity contribution >= 4 is 17.9 Å². The molecule has 0 aliphatic heterocycles. The largest absolute Gasteiger partial charge is 0.497 e. The molecule has 1 N–H and O–H groups in total. The Morgan fingerprint density at radius 3 is 2.42 bits per heavy atom. The minimum Gasteiger partial charge on any atom is -0.497 e. The monoisotopic (exact) mass is 320 g/mol. The molecule has 24 heavy (non-hydrogen) atoms. The van der Waals surface area contributed by atoms with Crippen LogP contribution in [0.4, 0.5) is 5.69 Å². The van der Waals surface area contributed by atoms with Crippen LogP contribution in [0.1, 0.15) is 15.9 Å². The second-order valence-corrected chi connectivity index (χ2v) is 5.16. The molecule has 0 fully saturated rings. The van der Waals surface area contributed by atoms with E-state index in [1.54, 1.807) is 25.5 Å².